The first-order valence-electron chi connectivity index (χ1n) is 23.5. The molecular formula is C51H76N4O6. The molecule has 336 valence electrons. The Morgan fingerprint density at radius 2 is 0.852 bits per heavy atom. The van der Waals surface area contributed by atoms with Crippen LogP contribution in [0.3, 0.4) is 0 Å². The Morgan fingerprint density at radius 3 is 1.26 bits per heavy atom. The van der Waals surface area contributed by atoms with Gasteiger partial charge in [-0.3, -0.25) is 0 Å². The van der Waals surface area contributed by atoms with Gasteiger partial charge in [0.2, 0.25) is 0 Å². The minimum atomic E-state index is -0.899. The number of amides is 4. The maximum Gasteiger partial charge on any atom is 0.329 e. The molecule has 0 aliphatic rings. The van der Waals surface area contributed by atoms with Crippen molar-refractivity contribution in [2.75, 3.05) is 23.8 Å². The van der Waals surface area contributed by atoms with Gasteiger partial charge in [-0.15, -0.1) is 0 Å². The predicted molar refractivity (Wildman–Crippen MR) is 249 cm³/mol. The van der Waals surface area contributed by atoms with Crippen molar-refractivity contribution in [2.45, 2.75) is 174 Å². The number of anilines is 2. The van der Waals surface area contributed by atoms with E-state index in [1.165, 1.54) is 89.9 Å². The molecule has 0 aliphatic heterocycles. The lowest BCUT2D eigenvalue weighted by Crippen LogP contribution is -2.45. The van der Waals surface area contributed by atoms with Gasteiger partial charge in [0.25, 0.3) is 0 Å². The highest BCUT2D eigenvalue weighted by molar-refractivity contribution is 5.96. The van der Waals surface area contributed by atoms with Crippen LogP contribution < -0.4 is 21.3 Å². The van der Waals surface area contributed by atoms with Gasteiger partial charge in [-0.05, 0) is 48.6 Å². The standard InChI is InChI=1S/C51H76N4O6/c1-4-6-8-10-12-14-16-18-20-28-36-60-48(56)46(38-42-30-24-22-25-31-42)54-50(58)52-44-35-34-41(3)45(40-44)53-51(59)55-47(39-43-32-26-23-27-33-43)49(57)61-37-29-21-19-17-15-13-11-9-7-5-2/h22-27,30-35,40,46-47H,4-21,28-29,36-39H2,1-3H3,(H2,52,54,58)(H2,53,55,59). The molecule has 0 fully saturated rings. The molecule has 0 aliphatic carbocycles. The second kappa shape index (κ2) is 31.9. The number of esters is 2. The third-order valence-corrected chi connectivity index (χ3v) is 11.0. The fourth-order valence-corrected chi connectivity index (χ4v) is 7.29. The molecule has 0 bridgehead atoms. The average molecular weight is 841 g/mol. The zero-order valence-corrected chi connectivity index (χ0v) is 37.6. The van der Waals surface area contributed by atoms with Gasteiger partial charge in [-0.1, -0.05) is 196 Å². The van der Waals surface area contributed by atoms with Crippen LogP contribution in [-0.2, 0) is 31.9 Å². The Labute approximate surface area is 367 Å². The van der Waals surface area contributed by atoms with E-state index in [4.69, 9.17) is 9.47 Å². The molecule has 0 aromatic heterocycles. The molecular weight excluding hydrogens is 765 g/mol. The third-order valence-electron chi connectivity index (χ3n) is 11.0. The van der Waals surface area contributed by atoms with Gasteiger partial charge < -0.3 is 30.7 Å². The van der Waals surface area contributed by atoms with Crippen LogP contribution in [0.1, 0.15) is 159 Å². The Kier molecular flexibility index (Phi) is 26.4. The van der Waals surface area contributed by atoms with Gasteiger partial charge in [-0.25, -0.2) is 19.2 Å². The highest BCUT2D eigenvalue weighted by Gasteiger charge is 2.25. The Hall–Kier alpha value is -4.86. The highest BCUT2D eigenvalue weighted by Crippen LogP contribution is 2.21. The van der Waals surface area contributed by atoms with Crippen LogP contribution in [-0.4, -0.2) is 49.3 Å². The van der Waals surface area contributed by atoms with Crippen LogP contribution in [0.4, 0.5) is 21.0 Å². The number of hydrogen-bond acceptors (Lipinski definition) is 6. The molecule has 3 rings (SSSR count). The first-order chi connectivity index (χ1) is 29.8. The molecule has 0 saturated carbocycles. The lowest BCUT2D eigenvalue weighted by molar-refractivity contribution is -0.146. The molecule has 3 aromatic carbocycles. The lowest BCUT2D eigenvalue weighted by atomic mass is 10.1. The molecule has 10 heteroatoms. The second-order valence-electron chi connectivity index (χ2n) is 16.4. The van der Waals surface area contributed by atoms with Crippen molar-refractivity contribution in [3.8, 4) is 0 Å². The summed E-state index contributed by atoms with van der Waals surface area (Å²) < 4.78 is 11.3. The number of nitrogens with one attached hydrogen (secondary N) is 4. The van der Waals surface area contributed by atoms with Crippen molar-refractivity contribution in [3.05, 3.63) is 95.6 Å². The Morgan fingerprint density at radius 1 is 0.475 bits per heavy atom. The molecule has 4 amide bonds. The molecule has 0 saturated heterocycles. The van der Waals surface area contributed by atoms with Crippen molar-refractivity contribution < 1.29 is 28.7 Å². The smallest absolute Gasteiger partial charge is 0.329 e. The summed E-state index contributed by atoms with van der Waals surface area (Å²) in [5, 5.41) is 11.3. The summed E-state index contributed by atoms with van der Waals surface area (Å²) in [6, 6.07) is 21.2. The maximum absolute atomic E-state index is 13.4. The quantitative estimate of drug-likeness (QED) is 0.0365. The van der Waals surface area contributed by atoms with E-state index in [1.807, 2.05) is 67.6 Å². The van der Waals surface area contributed by atoms with E-state index in [2.05, 4.69) is 35.1 Å². The number of rotatable bonds is 32. The first kappa shape index (κ1) is 50.5. The molecule has 2 unspecified atom stereocenters. The normalized spacial score (nSPS) is 11.9. The summed E-state index contributed by atoms with van der Waals surface area (Å²) in [7, 11) is 0. The summed E-state index contributed by atoms with van der Waals surface area (Å²) in [6.07, 6.45) is 24.2. The van der Waals surface area contributed by atoms with Crippen LogP contribution in [0.5, 0.6) is 0 Å². The topological polar surface area (TPSA) is 135 Å². The molecule has 4 N–H and O–H groups in total. The molecule has 2 atom stereocenters. The number of aryl methyl sites for hydroxylation is 1. The van der Waals surface area contributed by atoms with Crippen LogP contribution in [0.15, 0.2) is 78.9 Å². The van der Waals surface area contributed by atoms with E-state index in [1.54, 1.807) is 18.2 Å². The summed E-state index contributed by atoms with van der Waals surface area (Å²) >= 11 is 0. The van der Waals surface area contributed by atoms with Gasteiger partial charge in [0.15, 0.2) is 0 Å². The van der Waals surface area contributed by atoms with Gasteiger partial charge in [-0.2, -0.15) is 0 Å². The van der Waals surface area contributed by atoms with Crippen molar-refractivity contribution in [3.63, 3.8) is 0 Å². The SMILES string of the molecule is CCCCCCCCCCCCOC(=O)C(Cc1ccccc1)NC(=O)Nc1ccc(C)c(NC(=O)NC(Cc2ccccc2)C(=O)OCCCCCCCCCCCC)c1. The van der Waals surface area contributed by atoms with Gasteiger partial charge in [0.05, 0.1) is 13.2 Å². The van der Waals surface area contributed by atoms with Crippen molar-refractivity contribution >= 4 is 35.4 Å². The molecule has 0 spiro atoms. The van der Waals surface area contributed by atoms with E-state index in [9.17, 15) is 19.2 Å². The summed E-state index contributed by atoms with van der Waals surface area (Å²) in [6.45, 7) is 6.92. The number of hydrogen-bond donors (Lipinski definition) is 4. The summed E-state index contributed by atoms with van der Waals surface area (Å²) in [5.41, 5.74) is 3.40. The largest absolute Gasteiger partial charge is 0.464 e. The Bertz CT molecular complexity index is 1650. The van der Waals surface area contributed by atoms with Gasteiger partial charge in [0, 0.05) is 24.2 Å². The van der Waals surface area contributed by atoms with Crippen molar-refractivity contribution in [1.82, 2.24) is 10.6 Å². The molecule has 10 nitrogen and oxygen atoms in total. The molecule has 0 radical (unpaired) electrons. The lowest BCUT2D eigenvalue weighted by Gasteiger charge is -2.20. The number of benzene rings is 3. The number of carbonyl (C=O) groups is 4. The van der Waals surface area contributed by atoms with Gasteiger partial charge >= 0.3 is 24.0 Å². The minimum Gasteiger partial charge on any atom is -0.464 e. The van der Waals surface area contributed by atoms with Crippen LogP contribution >= 0.6 is 0 Å². The zero-order valence-electron chi connectivity index (χ0n) is 37.6. The number of unbranched alkanes of at least 4 members (excludes halogenated alkanes) is 18. The number of ether oxygens (including phenoxy) is 2. The second-order valence-corrected chi connectivity index (χ2v) is 16.4. The predicted octanol–water partition coefficient (Wildman–Crippen LogP) is 12.4. The first-order valence-corrected chi connectivity index (χ1v) is 23.5. The van der Waals surface area contributed by atoms with E-state index >= 15 is 0 Å². The fourth-order valence-electron chi connectivity index (χ4n) is 7.29. The zero-order chi connectivity index (χ0) is 43.8. The van der Waals surface area contributed by atoms with E-state index in [0.29, 0.717) is 24.6 Å². The minimum absolute atomic E-state index is 0.276. The monoisotopic (exact) mass is 841 g/mol. The summed E-state index contributed by atoms with van der Waals surface area (Å²) in [4.78, 5) is 53.3. The van der Waals surface area contributed by atoms with Gasteiger partial charge in [0.1, 0.15) is 12.1 Å². The Balaban J connectivity index is 1.51. The summed E-state index contributed by atoms with van der Waals surface area (Å²) in [5.74, 6) is -0.962. The number of carbonyl (C=O) groups excluding carboxylic acids is 4. The van der Waals surface area contributed by atoms with Crippen LogP contribution in [0.2, 0.25) is 0 Å². The van der Waals surface area contributed by atoms with E-state index in [0.717, 1.165) is 55.2 Å². The van der Waals surface area contributed by atoms with Crippen molar-refractivity contribution in [2.24, 2.45) is 0 Å². The fraction of sp³-hybridized carbons (Fsp3) is 0.569. The van der Waals surface area contributed by atoms with Crippen LogP contribution in [0.25, 0.3) is 0 Å². The molecule has 0 heterocycles. The third kappa shape index (κ3) is 23.1. The van der Waals surface area contributed by atoms with Crippen molar-refractivity contribution in [1.29, 1.82) is 0 Å². The average Bonchev–Trinajstić information content (AvgIpc) is 3.26. The van der Waals surface area contributed by atoms with Crippen LogP contribution in [0, 0.1) is 6.92 Å². The number of urea groups is 2. The maximum atomic E-state index is 13.4. The molecule has 61 heavy (non-hydrogen) atoms. The van der Waals surface area contributed by atoms with E-state index in [-0.39, 0.29) is 12.8 Å². The van der Waals surface area contributed by atoms with E-state index < -0.39 is 36.1 Å². The molecule has 3 aromatic rings. The highest BCUT2D eigenvalue weighted by atomic mass is 16.5.